The number of hydrogen-bond acceptors (Lipinski definition) is 1. The third-order valence-electron chi connectivity index (χ3n) is 2.30. The van der Waals surface area contributed by atoms with Crippen LogP contribution in [0.5, 0.6) is 5.75 Å². The summed E-state index contributed by atoms with van der Waals surface area (Å²) in [5.74, 6) is 1.48. The molecule has 1 aromatic carbocycles. The molecule has 0 saturated carbocycles. The van der Waals surface area contributed by atoms with Crippen molar-refractivity contribution in [3.63, 3.8) is 0 Å². The van der Waals surface area contributed by atoms with Gasteiger partial charge in [-0.05, 0) is 37.0 Å². The van der Waals surface area contributed by atoms with Gasteiger partial charge >= 0.3 is 0 Å². The summed E-state index contributed by atoms with van der Waals surface area (Å²) in [5, 5.41) is 0.0602. The summed E-state index contributed by atoms with van der Waals surface area (Å²) in [6.07, 6.45) is 0.980. The van der Waals surface area contributed by atoms with E-state index in [1.807, 2.05) is 25.1 Å². The quantitative estimate of drug-likeness (QED) is 0.682. The summed E-state index contributed by atoms with van der Waals surface area (Å²) in [7, 11) is 0. The van der Waals surface area contributed by atoms with Gasteiger partial charge in [-0.1, -0.05) is 35.8 Å². The zero-order valence-corrected chi connectivity index (χ0v) is 12.3. The van der Waals surface area contributed by atoms with Crippen molar-refractivity contribution in [3.8, 4) is 5.75 Å². The van der Waals surface area contributed by atoms with Gasteiger partial charge in [0.2, 0.25) is 0 Å². The van der Waals surface area contributed by atoms with E-state index < -0.39 is 0 Å². The SMILES string of the molecule is CCOc1ccc(C(Cl)CC(C)C)c(Br)c1. The molecule has 0 aliphatic rings. The van der Waals surface area contributed by atoms with Gasteiger partial charge in [0, 0.05) is 4.47 Å². The molecule has 0 aliphatic carbocycles. The number of ether oxygens (including phenoxy) is 1. The van der Waals surface area contributed by atoms with E-state index in [-0.39, 0.29) is 5.38 Å². The van der Waals surface area contributed by atoms with E-state index in [4.69, 9.17) is 16.3 Å². The van der Waals surface area contributed by atoms with Crippen LogP contribution in [0.4, 0.5) is 0 Å². The molecule has 0 amide bonds. The van der Waals surface area contributed by atoms with E-state index in [1.165, 1.54) is 0 Å². The molecule has 0 N–H and O–H groups in total. The van der Waals surface area contributed by atoms with Crippen molar-refractivity contribution in [2.24, 2.45) is 5.92 Å². The minimum absolute atomic E-state index is 0.0602. The van der Waals surface area contributed by atoms with Crippen LogP contribution in [-0.4, -0.2) is 6.61 Å². The lowest BCUT2D eigenvalue weighted by atomic mass is 10.0. The molecule has 1 rings (SSSR count). The molecule has 0 aromatic heterocycles. The second-order valence-electron chi connectivity index (χ2n) is 4.21. The van der Waals surface area contributed by atoms with Gasteiger partial charge in [0.1, 0.15) is 5.75 Å². The molecule has 90 valence electrons. The predicted molar refractivity (Wildman–Crippen MR) is 73.4 cm³/mol. The summed E-state index contributed by atoms with van der Waals surface area (Å²) in [4.78, 5) is 0. The smallest absolute Gasteiger partial charge is 0.120 e. The van der Waals surface area contributed by atoms with E-state index in [0.717, 1.165) is 22.2 Å². The molecule has 0 aliphatic heterocycles. The summed E-state index contributed by atoms with van der Waals surface area (Å²) in [6.45, 7) is 7.02. The van der Waals surface area contributed by atoms with Crippen LogP contribution < -0.4 is 4.74 Å². The van der Waals surface area contributed by atoms with Gasteiger partial charge in [0.05, 0.1) is 12.0 Å². The fraction of sp³-hybridized carbons (Fsp3) is 0.538. The standard InChI is InChI=1S/C13H18BrClO/c1-4-16-10-5-6-11(12(14)8-10)13(15)7-9(2)3/h5-6,8-9,13H,4,7H2,1-3H3. The average molecular weight is 306 g/mol. The van der Waals surface area contributed by atoms with Crippen molar-refractivity contribution in [1.29, 1.82) is 0 Å². The van der Waals surface area contributed by atoms with Crippen LogP contribution in [0.3, 0.4) is 0 Å². The molecule has 3 heteroatoms. The highest BCUT2D eigenvalue weighted by atomic mass is 79.9. The number of benzene rings is 1. The van der Waals surface area contributed by atoms with Crippen molar-refractivity contribution in [2.45, 2.75) is 32.6 Å². The van der Waals surface area contributed by atoms with E-state index in [1.54, 1.807) is 0 Å². The minimum Gasteiger partial charge on any atom is -0.494 e. The first-order chi connectivity index (χ1) is 7.54. The third-order valence-corrected chi connectivity index (χ3v) is 3.40. The van der Waals surface area contributed by atoms with Crippen LogP contribution in [0.25, 0.3) is 0 Å². The lowest BCUT2D eigenvalue weighted by Gasteiger charge is -2.15. The Balaban J connectivity index is 2.81. The van der Waals surface area contributed by atoms with Crippen LogP contribution in [0.15, 0.2) is 22.7 Å². The highest BCUT2D eigenvalue weighted by molar-refractivity contribution is 9.10. The van der Waals surface area contributed by atoms with Crippen LogP contribution in [-0.2, 0) is 0 Å². The first kappa shape index (κ1) is 13.9. The number of alkyl halides is 1. The number of halogens is 2. The summed E-state index contributed by atoms with van der Waals surface area (Å²) in [5.41, 5.74) is 1.14. The van der Waals surface area contributed by atoms with E-state index in [9.17, 15) is 0 Å². The molecule has 0 bridgehead atoms. The van der Waals surface area contributed by atoms with Crippen LogP contribution >= 0.6 is 27.5 Å². The highest BCUT2D eigenvalue weighted by Gasteiger charge is 2.13. The van der Waals surface area contributed by atoms with E-state index in [0.29, 0.717) is 12.5 Å². The molecule has 0 fully saturated rings. The van der Waals surface area contributed by atoms with Crippen molar-refractivity contribution in [1.82, 2.24) is 0 Å². The van der Waals surface area contributed by atoms with Gasteiger partial charge in [-0.25, -0.2) is 0 Å². The third kappa shape index (κ3) is 3.99. The van der Waals surface area contributed by atoms with E-state index >= 15 is 0 Å². The Hall–Kier alpha value is -0.210. The lowest BCUT2D eigenvalue weighted by Crippen LogP contribution is -1.98. The molecule has 0 saturated heterocycles. The zero-order valence-electron chi connectivity index (χ0n) is 9.97. The van der Waals surface area contributed by atoms with Gasteiger partial charge in [-0.2, -0.15) is 0 Å². The second kappa shape index (κ2) is 6.51. The second-order valence-corrected chi connectivity index (χ2v) is 5.59. The Kier molecular flexibility index (Phi) is 5.63. The number of hydrogen-bond donors (Lipinski definition) is 0. The van der Waals surface area contributed by atoms with Crippen LogP contribution in [0.2, 0.25) is 0 Å². The minimum atomic E-state index is 0.0602. The van der Waals surface area contributed by atoms with Gasteiger partial charge in [0.25, 0.3) is 0 Å². The van der Waals surface area contributed by atoms with E-state index in [2.05, 4.69) is 29.8 Å². The Labute approximate surface area is 111 Å². The Bertz CT molecular complexity index is 339. The van der Waals surface area contributed by atoms with Crippen molar-refractivity contribution >= 4 is 27.5 Å². The predicted octanol–water partition coefficient (Wildman–Crippen LogP) is 5.17. The molecule has 0 radical (unpaired) electrons. The molecule has 1 nitrogen and oxygen atoms in total. The summed E-state index contributed by atoms with van der Waals surface area (Å²) < 4.78 is 6.46. The fourth-order valence-electron chi connectivity index (χ4n) is 1.56. The Morgan fingerprint density at radius 1 is 1.38 bits per heavy atom. The van der Waals surface area contributed by atoms with Gasteiger partial charge in [0.15, 0.2) is 0 Å². The van der Waals surface area contributed by atoms with Crippen molar-refractivity contribution in [3.05, 3.63) is 28.2 Å². The number of rotatable bonds is 5. The van der Waals surface area contributed by atoms with Crippen molar-refractivity contribution in [2.75, 3.05) is 6.61 Å². The monoisotopic (exact) mass is 304 g/mol. The Morgan fingerprint density at radius 2 is 2.06 bits per heavy atom. The highest BCUT2D eigenvalue weighted by Crippen LogP contribution is 2.34. The first-order valence-corrected chi connectivity index (χ1v) is 6.83. The maximum atomic E-state index is 6.37. The topological polar surface area (TPSA) is 9.23 Å². The average Bonchev–Trinajstić information content (AvgIpc) is 2.16. The maximum Gasteiger partial charge on any atom is 0.120 e. The molecule has 0 heterocycles. The lowest BCUT2D eigenvalue weighted by molar-refractivity contribution is 0.340. The molecule has 1 aromatic rings. The molecule has 0 spiro atoms. The first-order valence-electron chi connectivity index (χ1n) is 5.61. The molecular weight excluding hydrogens is 287 g/mol. The molecule has 1 unspecified atom stereocenters. The zero-order chi connectivity index (χ0) is 12.1. The van der Waals surface area contributed by atoms with Gasteiger partial charge in [-0.15, -0.1) is 11.6 Å². The van der Waals surface area contributed by atoms with Crippen LogP contribution in [0, 0.1) is 5.92 Å². The largest absolute Gasteiger partial charge is 0.494 e. The van der Waals surface area contributed by atoms with Crippen LogP contribution in [0.1, 0.15) is 38.1 Å². The molecular formula is C13H18BrClO. The normalized spacial score (nSPS) is 12.9. The fourth-order valence-corrected chi connectivity index (χ4v) is 2.87. The van der Waals surface area contributed by atoms with Gasteiger partial charge in [-0.3, -0.25) is 0 Å². The summed E-state index contributed by atoms with van der Waals surface area (Å²) in [6, 6.07) is 5.99. The Morgan fingerprint density at radius 3 is 2.56 bits per heavy atom. The molecule has 16 heavy (non-hydrogen) atoms. The van der Waals surface area contributed by atoms with Gasteiger partial charge < -0.3 is 4.74 Å². The van der Waals surface area contributed by atoms with Crippen molar-refractivity contribution < 1.29 is 4.74 Å². The maximum absolute atomic E-state index is 6.37. The summed E-state index contributed by atoms with van der Waals surface area (Å²) >= 11 is 9.91. The molecule has 1 atom stereocenters.